The summed E-state index contributed by atoms with van der Waals surface area (Å²) in [6, 6.07) is 6.40. The first-order valence-corrected chi connectivity index (χ1v) is 5.38. The largest absolute Gasteiger partial charge is 0.484 e. The van der Waals surface area contributed by atoms with Crippen LogP contribution in [0.15, 0.2) is 24.3 Å². The van der Waals surface area contributed by atoms with Gasteiger partial charge in [-0.2, -0.15) is 0 Å². The van der Waals surface area contributed by atoms with Gasteiger partial charge in [-0.15, -0.1) is 0 Å². The third-order valence-electron chi connectivity index (χ3n) is 2.15. The van der Waals surface area contributed by atoms with Crippen LogP contribution >= 0.6 is 0 Å². The lowest BCUT2D eigenvalue weighted by Gasteiger charge is -2.13. The fourth-order valence-electron chi connectivity index (χ4n) is 1.32. The molecule has 0 bridgehead atoms. The molecular weight excluding hydrogens is 236 g/mol. The number of esters is 1. The van der Waals surface area contributed by atoms with E-state index < -0.39 is 11.9 Å². The van der Waals surface area contributed by atoms with Gasteiger partial charge in [0.25, 0.3) is 5.91 Å². The fourth-order valence-corrected chi connectivity index (χ4v) is 1.32. The highest BCUT2D eigenvalue weighted by atomic mass is 16.5. The highest BCUT2D eigenvalue weighted by molar-refractivity contribution is 5.78. The van der Waals surface area contributed by atoms with Crippen LogP contribution in [0.1, 0.15) is 6.92 Å². The molecule has 1 rings (SSSR count). The molecule has 1 unspecified atom stereocenters. The van der Waals surface area contributed by atoms with Crippen LogP contribution < -0.4 is 15.8 Å². The van der Waals surface area contributed by atoms with Crippen molar-refractivity contribution < 1.29 is 19.1 Å². The Kier molecular flexibility index (Phi) is 4.98. The number of carbonyl (C=O) groups excluding carboxylic acids is 2. The number of carbonyl (C=O) groups is 2. The van der Waals surface area contributed by atoms with Crippen LogP contribution in [0.4, 0.5) is 5.69 Å². The second-order valence-electron chi connectivity index (χ2n) is 3.67. The molecule has 1 amide bonds. The first kappa shape index (κ1) is 13.8. The summed E-state index contributed by atoms with van der Waals surface area (Å²) in [7, 11) is 1.33. The lowest BCUT2D eigenvalue weighted by molar-refractivity contribution is -0.141. The maximum atomic E-state index is 11.2. The number of methoxy groups -OCH3 is 1. The Labute approximate surface area is 105 Å². The molecule has 0 aliphatic heterocycles. The molecule has 0 spiro atoms. The zero-order valence-electron chi connectivity index (χ0n) is 10.3. The average molecular weight is 252 g/mol. The second kappa shape index (κ2) is 6.48. The van der Waals surface area contributed by atoms with Gasteiger partial charge in [0.05, 0.1) is 7.11 Å². The predicted octanol–water partition coefficient (Wildman–Crippen LogP) is 0.524. The molecule has 0 saturated carbocycles. The number of primary amides is 1. The number of hydrogen-bond donors (Lipinski definition) is 2. The number of hydrogen-bond acceptors (Lipinski definition) is 5. The topological polar surface area (TPSA) is 90.7 Å². The van der Waals surface area contributed by atoms with Crippen molar-refractivity contribution in [2.45, 2.75) is 13.0 Å². The van der Waals surface area contributed by atoms with E-state index in [2.05, 4.69) is 10.1 Å². The van der Waals surface area contributed by atoms with Gasteiger partial charge in [0.15, 0.2) is 6.61 Å². The summed E-state index contributed by atoms with van der Waals surface area (Å²) in [5.74, 6) is -0.411. The van der Waals surface area contributed by atoms with Gasteiger partial charge in [-0.25, -0.2) is 4.79 Å². The van der Waals surface area contributed by atoms with E-state index in [-0.39, 0.29) is 12.6 Å². The molecule has 1 aromatic rings. The molecule has 0 fully saturated rings. The maximum absolute atomic E-state index is 11.2. The minimum Gasteiger partial charge on any atom is -0.484 e. The van der Waals surface area contributed by atoms with Crippen LogP contribution in [0.25, 0.3) is 0 Å². The Morgan fingerprint density at radius 2 is 2.17 bits per heavy atom. The predicted molar refractivity (Wildman–Crippen MR) is 66.2 cm³/mol. The van der Waals surface area contributed by atoms with E-state index in [1.807, 2.05) is 0 Å². The number of rotatable bonds is 6. The number of anilines is 1. The van der Waals surface area contributed by atoms with Gasteiger partial charge in [0.1, 0.15) is 11.8 Å². The van der Waals surface area contributed by atoms with Crippen molar-refractivity contribution in [3.63, 3.8) is 0 Å². The van der Waals surface area contributed by atoms with Crippen molar-refractivity contribution in [3.8, 4) is 5.75 Å². The summed E-state index contributed by atoms with van der Waals surface area (Å²) in [6.07, 6.45) is 0. The van der Waals surface area contributed by atoms with Crippen molar-refractivity contribution in [2.24, 2.45) is 5.73 Å². The lowest BCUT2D eigenvalue weighted by Crippen LogP contribution is -2.27. The van der Waals surface area contributed by atoms with Crippen molar-refractivity contribution in [1.29, 1.82) is 0 Å². The molecule has 0 heterocycles. The van der Waals surface area contributed by atoms with Crippen molar-refractivity contribution in [3.05, 3.63) is 24.3 Å². The molecule has 0 aromatic heterocycles. The summed E-state index contributed by atoms with van der Waals surface area (Å²) in [6.45, 7) is 1.50. The minimum absolute atomic E-state index is 0.185. The van der Waals surface area contributed by atoms with Gasteiger partial charge >= 0.3 is 5.97 Å². The summed E-state index contributed by atoms with van der Waals surface area (Å²) in [5.41, 5.74) is 5.67. The number of nitrogens with one attached hydrogen (secondary N) is 1. The van der Waals surface area contributed by atoms with Gasteiger partial charge in [0.2, 0.25) is 0 Å². The molecule has 18 heavy (non-hydrogen) atoms. The second-order valence-corrected chi connectivity index (χ2v) is 3.67. The Bertz CT molecular complexity index is 434. The fraction of sp³-hybridized carbons (Fsp3) is 0.333. The monoisotopic (exact) mass is 252 g/mol. The average Bonchev–Trinajstić information content (AvgIpc) is 2.35. The van der Waals surface area contributed by atoms with Gasteiger partial charge in [0, 0.05) is 11.8 Å². The van der Waals surface area contributed by atoms with E-state index in [4.69, 9.17) is 10.5 Å². The minimum atomic E-state index is -0.545. The smallest absolute Gasteiger partial charge is 0.327 e. The summed E-state index contributed by atoms with van der Waals surface area (Å²) in [5, 5.41) is 2.95. The normalized spacial score (nSPS) is 11.4. The van der Waals surface area contributed by atoms with Crippen LogP contribution in [-0.2, 0) is 14.3 Å². The van der Waals surface area contributed by atoms with Gasteiger partial charge in [-0.3, -0.25) is 4.79 Å². The molecule has 3 N–H and O–H groups in total. The van der Waals surface area contributed by atoms with Gasteiger partial charge in [-0.05, 0) is 19.1 Å². The molecule has 1 aromatic carbocycles. The van der Waals surface area contributed by atoms with E-state index >= 15 is 0 Å². The van der Waals surface area contributed by atoms with E-state index in [1.54, 1.807) is 31.2 Å². The van der Waals surface area contributed by atoms with E-state index in [0.717, 1.165) is 0 Å². The van der Waals surface area contributed by atoms with Crippen LogP contribution in [-0.4, -0.2) is 31.6 Å². The molecule has 98 valence electrons. The maximum Gasteiger partial charge on any atom is 0.327 e. The Balaban J connectivity index is 2.64. The van der Waals surface area contributed by atoms with Crippen molar-refractivity contribution in [1.82, 2.24) is 0 Å². The van der Waals surface area contributed by atoms with E-state index in [9.17, 15) is 9.59 Å². The highest BCUT2D eigenvalue weighted by Gasteiger charge is 2.12. The third-order valence-corrected chi connectivity index (χ3v) is 2.15. The third kappa shape index (κ3) is 4.32. The number of nitrogens with two attached hydrogens (primary N) is 1. The van der Waals surface area contributed by atoms with E-state index in [1.165, 1.54) is 7.11 Å². The summed E-state index contributed by atoms with van der Waals surface area (Å²) < 4.78 is 9.75. The molecule has 0 radical (unpaired) electrons. The SMILES string of the molecule is COC(=O)C(C)Nc1cccc(OCC(N)=O)c1. The molecule has 0 saturated heterocycles. The summed E-state index contributed by atoms with van der Waals surface area (Å²) in [4.78, 5) is 21.8. The first-order valence-electron chi connectivity index (χ1n) is 5.38. The first-order chi connectivity index (χ1) is 8.52. The van der Waals surface area contributed by atoms with Crippen LogP contribution in [0.3, 0.4) is 0 Å². The van der Waals surface area contributed by atoms with E-state index in [0.29, 0.717) is 11.4 Å². The zero-order valence-corrected chi connectivity index (χ0v) is 10.3. The zero-order chi connectivity index (χ0) is 13.5. The standard InChI is InChI=1S/C12H16N2O4/c1-8(12(16)17-2)14-9-4-3-5-10(6-9)18-7-11(13)15/h3-6,8,14H,7H2,1-2H3,(H2,13,15). The molecule has 0 aliphatic rings. The van der Waals surface area contributed by atoms with Crippen LogP contribution in [0, 0.1) is 0 Å². The Hall–Kier alpha value is -2.24. The highest BCUT2D eigenvalue weighted by Crippen LogP contribution is 2.18. The van der Waals surface area contributed by atoms with Crippen LogP contribution in [0.2, 0.25) is 0 Å². The number of amides is 1. The van der Waals surface area contributed by atoms with Gasteiger partial charge in [-0.1, -0.05) is 6.07 Å². The van der Waals surface area contributed by atoms with Crippen molar-refractivity contribution >= 4 is 17.6 Å². The quantitative estimate of drug-likeness (QED) is 0.720. The Morgan fingerprint density at radius 1 is 1.44 bits per heavy atom. The lowest BCUT2D eigenvalue weighted by atomic mass is 10.2. The van der Waals surface area contributed by atoms with Crippen LogP contribution in [0.5, 0.6) is 5.75 Å². The van der Waals surface area contributed by atoms with Gasteiger partial charge < -0.3 is 20.5 Å². The number of benzene rings is 1. The Morgan fingerprint density at radius 3 is 2.78 bits per heavy atom. The molecule has 1 atom stereocenters. The van der Waals surface area contributed by atoms with Crippen molar-refractivity contribution in [2.75, 3.05) is 19.0 Å². The number of ether oxygens (including phenoxy) is 2. The molecule has 6 nitrogen and oxygen atoms in total. The molecule has 0 aliphatic carbocycles. The molecule has 6 heteroatoms. The molecular formula is C12H16N2O4. The summed E-state index contributed by atoms with van der Waals surface area (Å²) >= 11 is 0.